The molecule has 2 unspecified atom stereocenters. The van der Waals surface area contributed by atoms with Crippen molar-refractivity contribution in [2.45, 2.75) is 20.0 Å². The summed E-state index contributed by atoms with van der Waals surface area (Å²) in [6, 6.07) is 0. The fourth-order valence-electron chi connectivity index (χ4n) is 0.759. The molecular weight excluding hydrogens is 114 g/mol. The topological polar surface area (TPSA) is 33.1 Å². The van der Waals surface area contributed by atoms with E-state index in [0.717, 1.165) is 0 Å². The molecule has 0 radical (unpaired) electrons. The van der Waals surface area contributed by atoms with Crippen LogP contribution in [0.4, 0.5) is 0 Å². The Bertz CT molecular complexity index is 151. The molecule has 0 saturated heterocycles. The first-order valence-corrected chi connectivity index (χ1v) is 3.12. The van der Waals surface area contributed by atoms with Gasteiger partial charge >= 0.3 is 0 Å². The molecule has 0 aromatic heterocycles. The zero-order valence-electron chi connectivity index (χ0n) is 5.72. The smallest absolute Gasteiger partial charge is 0.103 e. The van der Waals surface area contributed by atoms with Crippen molar-refractivity contribution >= 4 is 5.71 Å². The van der Waals surface area contributed by atoms with Crippen molar-refractivity contribution in [3.05, 3.63) is 12.3 Å². The van der Waals surface area contributed by atoms with Gasteiger partial charge in [-0.25, -0.2) is 0 Å². The van der Waals surface area contributed by atoms with Crippen molar-refractivity contribution < 1.29 is 4.74 Å². The number of nitrogens with one attached hydrogen (secondary N) is 1. The van der Waals surface area contributed by atoms with E-state index in [-0.39, 0.29) is 12.0 Å². The molecule has 2 nitrogen and oxygen atoms in total. The van der Waals surface area contributed by atoms with Gasteiger partial charge in [-0.05, 0) is 13.0 Å². The molecular formula is C7H11NO. The highest BCUT2D eigenvalue weighted by molar-refractivity contribution is 5.94. The lowest BCUT2D eigenvalue weighted by Crippen LogP contribution is -2.25. The summed E-state index contributed by atoms with van der Waals surface area (Å²) in [5.74, 6) is 0.245. The third-order valence-corrected chi connectivity index (χ3v) is 1.74. The fraction of sp³-hybridized carbons (Fsp3) is 0.571. The molecule has 1 heterocycles. The highest BCUT2D eigenvalue weighted by Gasteiger charge is 2.18. The zero-order valence-corrected chi connectivity index (χ0v) is 5.72. The highest BCUT2D eigenvalue weighted by Crippen LogP contribution is 2.13. The minimum Gasteiger partial charge on any atom is -0.498 e. The Morgan fingerprint density at radius 3 is 2.67 bits per heavy atom. The molecule has 2 atom stereocenters. The Hall–Kier alpha value is -0.790. The summed E-state index contributed by atoms with van der Waals surface area (Å²) in [6.07, 6.45) is 3.46. The summed E-state index contributed by atoms with van der Waals surface area (Å²) in [6.45, 7) is 3.97. The third-order valence-electron chi connectivity index (χ3n) is 1.74. The van der Waals surface area contributed by atoms with Crippen LogP contribution in [0.2, 0.25) is 0 Å². The van der Waals surface area contributed by atoms with Gasteiger partial charge in [0.05, 0.1) is 6.26 Å². The lowest BCUT2D eigenvalue weighted by molar-refractivity contribution is 0.129. The molecule has 0 aromatic carbocycles. The lowest BCUT2D eigenvalue weighted by Gasteiger charge is -2.22. The first-order valence-electron chi connectivity index (χ1n) is 3.12. The van der Waals surface area contributed by atoms with E-state index in [1.54, 1.807) is 12.3 Å². The van der Waals surface area contributed by atoms with Crippen LogP contribution in [0.25, 0.3) is 0 Å². The maximum absolute atomic E-state index is 7.36. The van der Waals surface area contributed by atoms with E-state index in [2.05, 4.69) is 0 Å². The van der Waals surface area contributed by atoms with Crippen molar-refractivity contribution in [2.24, 2.45) is 5.92 Å². The van der Waals surface area contributed by atoms with Gasteiger partial charge in [-0.3, -0.25) is 0 Å². The Labute approximate surface area is 55.0 Å². The van der Waals surface area contributed by atoms with Crippen LogP contribution < -0.4 is 0 Å². The molecule has 0 amide bonds. The summed E-state index contributed by atoms with van der Waals surface area (Å²) in [5.41, 5.74) is 0.661. The van der Waals surface area contributed by atoms with Gasteiger partial charge in [0.1, 0.15) is 6.10 Å². The summed E-state index contributed by atoms with van der Waals surface area (Å²) >= 11 is 0. The molecule has 0 spiro atoms. The number of hydrogen-bond donors (Lipinski definition) is 1. The molecule has 0 fully saturated rings. The van der Waals surface area contributed by atoms with E-state index in [0.29, 0.717) is 5.71 Å². The van der Waals surface area contributed by atoms with E-state index < -0.39 is 0 Å². The maximum atomic E-state index is 7.36. The summed E-state index contributed by atoms with van der Waals surface area (Å²) in [4.78, 5) is 0. The monoisotopic (exact) mass is 125 g/mol. The summed E-state index contributed by atoms with van der Waals surface area (Å²) in [7, 11) is 0. The Balaban J connectivity index is 2.69. The van der Waals surface area contributed by atoms with Crippen molar-refractivity contribution in [1.82, 2.24) is 0 Å². The fourth-order valence-corrected chi connectivity index (χ4v) is 0.759. The van der Waals surface area contributed by atoms with Crippen LogP contribution in [-0.2, 0) is 4.74 Å². The average Bonchev–Trinajstić information content (AvgIpc) is 1.83. The quantitative estimate of drug-likeness (QED) is 0.523. The second-order valence-electron chi connectivity index (χ2n) is 2.39. The second kappa shape index (κ2) is 2.21. The predicted molar refractivity (Wildman–Crippen MR) is 36.6 cm³/mol. The second-order valence-corrected chi connectivity index (χ2v) is 2.39. The van der Waals surface area contributed by atoms with Gasteiger partial charge in [0, 0.05) is 11.6 Å². The molecule has 50 valence electrons. The van der Waals surface area contributed by atoms with Crippen LogP contribution in [0.1, 0.15) is 13.8 Å². The predicted octanol–water partition coefficient (Wildman–Crippen LogP) is 1.57. The Kier molecular flexibility index (Phi) is 1.56. The van der Waals surface area contributed by atoms with Crippen LogP contribution in [-0.4, -0.2) is 11.8 Å². The number of ether oxygens (including phenoxy) is 1. The van der Waals surface area contributed by atoms with Gasteiger partial charge in [-0.1, -0.05) is 6.92 Å². The zero-order chi connectivity index (χ0) is 6.85. The van der Waals surface area contributed by atoms with Crippen LogP contribution in [0, 0.1) is 11.3 Å². The summed E-state index contributed by atoms with van der Waals surface area (Å²) < 4.78 is 5.14. The molecule has 0 aliphatic carbocycles. The highest BCUT2D eigenvalue weighted by atomic mass is 16.5. The Morgan fingerprint density at radius 2 is 2.22 bits per heavy atom. The van der Waals surface area contributed by atoms with Crippen molar-refractivity contribution in [3.8, 4) is 0 Å². The molecule has 1 aliphatic rings. The molecule has 9 heavy (non-hydrogen) atoms. The SMILES string of the molecule is CC1OC=CC(=N)C1C. The van der Waals surface area contributed by atoms with E-state index in [4.69, 9.17) is 10.1 Å². The standard InChI is InChI=1S/C7H11NO/c1-5-6(2)9-4-3-7(5)8/h3-6,8H,1-2H3. The summed E-state index contributed by atoms with van der Waals surface area (Å²) in [5, 5.41) is 7.36. The van der Waals surface area contributed by atoms with Crippen LogP contribution in [0.3, 0.4) is 0 Å². The minimum absolute atomic E-state index is 0.169. The molecule has 0 bridgehead atoms. The van der Waals surface area contributed by atoms with Crippen LogP contribution in [0.5, 0.6) is 0 Å². The van der Waals surface area contributed by atoms with Gasteiger partial charge in [-0.15, -0.1) is 0 Å². The molecule has 1 rings (SSSR count). The molecule has 1 N–H and O–H groups in total. The Morgan fingerprint density at radius 1 is 1.56 bits per heavy atom. The first-order chi connectivity index (χ1) is 4.22. The van der Waals surface area contributed by atoms with E-state index in [1.165, 1.54) is 0 Å². The van der Waals surface area contributed by atoms with Gasteiger partial charge < -0.3 is 10.1 Å². The van der Waals surface area contributed by atoms with E-state index in [9.17, 15) is 0 Å². The lowest BCUT2D eigenvalue weighted by atomic mass is 9.99. The van der Waals surface area contributed by atoms with Gasteiger partial charge in [0.25, 0.3) is 0 Å². The van der Waals surface area contributed by atoms with Crippen LogP contribution >= 0.6 is 0 Å². The van der Waals surface area contributed by atoms with Crippen molar-refractivity contribution in [2.75, 3.05) is 0 Å². The number of hydrogen-bond acceptors (Lipinski definition) is 2. The molecule has 1 aliphatic heterocycles. The molecule has 2 heteroatoms. The minimum atomic E-state index is 0.169. The average molecular weight is 125 g/mol. The van der Waals surface area contributed by atoms with Crippen LogP contribution in [0.15, 0.2) is 12.3 Å². The number of rotatable bonds is 0. The van der Waals surface area contributed by atoms with Gasteiger partial charge in [0.2, 0.25) is 0 Å². The maximum Gasteiger partial charge on any atom is 0.103 e. The normalized spacial score (nSPS) is 34.2. The molecule has 0 saturated carbocycles. The largest absolute Gasteiger partial charge is 0.498 e. The first kappa shape index (κ1) is 6.33. The third kappa shape index (κ3) is 1.12. The van der Waals surface area contributed by atoms with E-state index >= 15 is 0 Å². The van der Waals surface area contributed by atoms with Gasteiger partial charge in [0.15, 0.2) is 0 Å². The number of allylic oxidation sites excluding steroid dienone is 1. The molecule has 0 aromatic rings. The van der Waals surface area contributed by atoms with Crippen molar-refractivity contribution in [1.29, 1.82) is 5.41 Å². The van der Waals surface area contributed by atoms with E-state index in [1.807, 2.05) is 13.8 Å². The van der Waals surface area contributed by atoms with Crippen molar-refractivity contribution in [3.63, 3.8) is 0 Å². The van der Waals surface area contributed by atoms with Gasteiger partial charge in [-0.2, -0.15) is 0 Å².